The summed E-state index contributed by atoms with van der Waals surface area (Å²) in [4.78, 5) is 12.9. The van der Waals surface area contributed by atoms with Crippen LogP contribution < -0.4 is 14.4 Å². The summed E-state index contributed by atoms with van der Waals surface area (Å²) < 4.78 is 33.8. The van der Waals surface area contributed by atoms with Crippen molar-refractivity contribution in [2.24, 2.45) is 0 Å². The second-order valence-corrected chi connectivity index (χ2v) is 11.9. The predicted molar refractivity (Wildman–Crippen MR) is 144 cm³/mol. The molecule has 0 saturated heterocycles. The fraction of sp³-hybridized carbons (Fsp3) is 0.125. The third-order valence-electron chi connectivity index (χ3n) is 4.91. The molecule has 1 aromatic heterocycles. The SMILES string of the molecule is COc1ccc(S(=O)(=O)N(CC(=O)Nc2nnc(SCc3ccccc3)s2)c2ccc(Cl)cc2)cc1. The lowest BCUT2D eigenvalue weighted by Gasteiger charge is -2.24. The molecule has 0 fully saturated rings. The Morgan fingerprint density at radius 2 is 1.72 bits per heavy atom. The largest absolute Gasteiger partial charge is 0.497 e. The van der Waals surface area contributed by atoms with Gasteiger partial charge in [0, 0.05) is 10.8 Å². The van der Waals surface area contributed by atoms with Gasteiger partial charge in [-0.1, -0.05) is 65.0 Å². The lowest BCUT2D eigenvalue weighted by Crippen LogP contribution is -2.38. The van der Waals surface area contributed by atoms with Crippen LogP contribution in [-0.4, -0.2) is 38.2 Å². The number of carbonyl (C=O) groups is 1. The van der Waals surface area contributed by atoms with Crippen molar-refractivity contribution in [1.29, 1.82) is 0 Å². The minimum Gasteiger partial charge on any atom is -0.497 e. The summed E-state index contributed by atoms with van der Waals surface area (Å²) in [5.41, 5.74) is 1.44. The second kappa shape index (κ2) is 11.7. The average molecular weight is 561 g/mol. The van der Waals surface area contributed by atoms with Crippen molar-refractivity contribution >= 4 is 61.4 Å². The van der Waals surface area contributed by atoms with Crippen molar-refractivity contribution in [1.82, 2.24) is 10.2 Å². The topological polar surface area (TPSA) is 101 Å². The zero-order chi connectivity index (χ0) is 25.5. The summed E-state index contributed by atoms with van der Waals surface area (Å²) in [5.74, 6) is 0.674. The normalized spacial score (nSPS) is 11.2. The van der Waals surface area contributed by atoms with Crippen LogP contribution in [0.3, 0.4) is 0 Å². The Hall–Kier alpha value is -3.12. The molecule has 1 amide bonds. The molecule has 0 spiro atoms. The first-order valence-corrected chi connectivity index (χ1v) is 14.2. The molecule has 0 radical (unpaired) electrons. The van der Waals surface area contributed by atoms with E-state index < -0.39 is 22.5 Å². The van der Waals surface area contributed by atoms with E-state index in [9.17, 15) is 13.2 Å². The molecule has 1 N–H and O–H groups in total. The van der Waals surface area contributed by atoms with E-state index in [1.54, 1.807) is 36.4 Å². The Kier molecular flexibility index (Phi) is 8.47. The lowest BCUT2D eigenvalue weighted by atomic mass is 10.2. The molecular weight excluding hydrogens is 540 g/mol. The summed E-state index contributed by atoms with van der Waals surface area (Å²) in [6.07, 6.45) is 0. The Morgan fingerprint density at radius 3 is 2.39 bits per heavy atom. The zero-order valence-electron chi connectivity index (χ0n) is 19.0. The average Bonchev–Trinajstić information content (AvgIpc) is 3.34. The molecule has 0 bridgehead atoms. The highest BCUT2D eigenvalue weighted by Crippen LogP contribution is 2.29. The van der Waals surface area contributed by atoms with E-state index in [0.717, 1.165) is 9.87 Å². The number of carbonyl (C=O) groups excluding carboxylic acids is 1. The molecule has 0 unspecified atom stereocenters. The number of methoxy groups -OCH3 is 1. The second-order valence-electron chi connectivity index (χ2n) is 7.36. The van der Waals surface area contributed by atoms with Gasteiger partial charge in [0.1, 0.15) is 12.3 Å². The van der Waals surface area contributed by atoms with E-state index in [4.69, 9.17) is 16.3 Å². The summed E-state index contributed by atoms with van der Waals surface area (Å²) in [6, 6.07) is 22.1. The molecule has 0 atom stereocenters. The maximum absolute atomic E-state index is 13.5. The number of sulfonamides is 1. The number of nitrogens with zero attached hydrogens (tertiary/aromatic N) is 3. The molecule has 0 aliphatic heterocycles. The van der Waals surface area contributed by atoms with Gasteiger partial charge in [-0.25, -0.2) is 8.42 Å². The van der Waals surface area contributed by atoms with Crippen LogP contribution in [0.15, 0.2) is 88.1 Å². The maximum atomic E-state index is 13.5. The fourth-order valence-corrected chi connectivity index (χ4v) is 6.40. The molecule has 0 saturated carbocycles. The summed E-state index contributed by atoms with van der Waals surface area (Å²) in [7, 11) is -2.58. The van der Waals surface area contributed by atoms with Crippen molar-refractivity contribution < 1.29 is 17.9 Å². The van der Waals surface area contributed by atoms with Gasteiger partial charge in [-0.05, 0) is 54.1 Å². The van der Waals surface area contributed by atoms with Gasteiger partial charge in [-0.15, -0.1) is 10.2 Å². The van der Waals surface area contributed by atoms with E-state index in [1.165, 1.54) is 42.3 Å². The molecule has 4 aromatic rings. The molecular formula is C24H21ClN4O4S3. The number of hydrogen-bond acceptors (Lipinski definition) is 8. The third kappa shape index (κ3) is 6.55. The standard InChI is InChI=1S/C24H21ClN4O4S3/c1-33-20-11-13-21(14-12-20)36(31,32)29(19-9-7-18(25)8-10-19)15-22(30)26-23-27-28-24(35-23)34-16-17-5-3-2-4-6-17/h2-14H,15-16H2,1H3,(H,26,27,30). The molecule has 0 aliphatic carbocycles. The van der Waals surface area contributed by atoms with Crippen LogP contribution in [0.25, 0.3) is 0 Å². The number of aromatic nitrogens is 2. The predicted octanol–water partition coefficient (Wildman–Crippen LogP) is 5.33. The van der Waals surface area contributed by atoms with E-state index >= 15 is 0 Å². The van der Waals surface area contributed by atoms with Gasteiger partial charge in [0.15, 0.2) is 4.34 Å². The van der Waals surface area contributed by atoms with E-state index in [-0.39, 0.29) is 10.0 Å². The smallest absolute Gasteiger partial charge is 0.264 e. The molecule has 4 rings (SSSR count). The summed E-state index contributed by atoms with van der Waals surface area (Å²) in [6.45, 7) is -0.470. The van der Waals surface area contributed by atoms with Gasteiger partial charge in [0.2, 0.25) is 11.0 Å². The number of rotatable bonds is 10. The number of hydrogen-bond donors (Lipinski definition) is 1. The molecule has 0 aliphatic rings. The van der Waals surface area contributed by atoms with Crippen LogP contribution in [0.1, 0.15) is 5.56 Å². The van der Waals surface area contributed by atoms with E-state index in [0.29, 0.717) is 26.6 Å². The summed E-state index contributed by atoms with van der Waals surface area (Å²) >= 11 is 8.71. The minimum absolute atomic E-state index is 0.0153. The molecule has 1 heterocycles. The molecule has 186 valence electrons. The summed E-state index contributed by atoms with van der Waals surface area (Å²) in [5, 5.41) is 11.5. The van der Waals surface area contributed by atoms with Crippen LogP contribution in [0.2, 0.25) is 5.02 Å². The third-order valence-corrected chi connectivity index (χ3v) is 8.99. The van der Waals surface area contributed by atoms with E-state index in [2.05, 4.69) is 15.5 Å². The zero-order valence-corrected chi connectivity index (χ0v) is 22.2. The van der Waals surface area contributed by atoms with Crippen LogP contribution in [0.5, 0.6) is 5.75 Å². The Morgan fingerprint density at radius 1 is 1.03 bits per heavy atom. The quantitative estimate of drug-likeness (QED) is 0.207. The number of ether oxygens (including phenoxy) is 1. The number of halogens is 1. The highest BCUT2D eigenvalue weighted by atomic mass is 35.5. The number of amides is 1. The minimum atomic E-state index is -4.08. The molecule has 3 aromatic carbocycles. The number of anilines is 2. The van der Waals surface area contributed by atoms with Crippen LogP contribution in [-0.2, 0) is 20.6 Å². The Labute approximate surface area is 222 Å². The maximum Gasteiger partial charge on any atom is 0.264 e. The van der Waals surface area contributed by atoms with Crippen LogP contribution >= 0.6 is 34.7 Å². The molecule has 36 heavy (non-hydrogen) atoms. The van der Waals surface area contributed by atoms with Gasteiger partial charge in [-0.2, -0.15) is 0 Å². The van der Waals surface area contributed by atoms with Crippen LogP contribution in [0, 0.1) is 0 Å². The number of nitrogens with one attached hydrogen (secondary N) is 1. The number of thioether (sulfide) groups is 1. The van der Waals surface area contributed by atoms with Crippen molar-refractivity contribution in [3.63, 3.8) is 0 Å². The first-order chi connectivity index (χ1) is 17.3. The first-order valence-electron chi connectivity index (χ1n) is 10.6. The molecule has 12 heteroatoms. The van der Waals surface area contributed by atoms with Gasteiger partial charge < -0.3 is 4.74 Å². The van der Waals surface area contributed by atoms with Crippen molar-refractivity contribution in [2.45, 2.75) is 15.0 Å². The first kappa shape index (κ1) is 26.0. The van der Waals surface area contributed by atoms with Crippen LogP contribution in [0.4, 0.5) is 10.8 Å². The fourth-order valence-electron chi connectivity index (χ4n) is 3.12. The van der Waals surface area contributed by atoms with E-state index in [1.807, 2.05) is 30.3 Å². The highest BCUT2D eigenvalue weighted by molar-refractivity contribution is 8.00. The monoisotopic (exact) mass is 560 g/mol. The Bertz CT molecular complexity index is 1410. The lowest BCUT2D eigenvalue weighted by molar-refractivity contribution is -0.114. The molecule has 8 nitrogen and oxygen atoms in total. The van der Waals surface area contributed by atoms with Crippen molar-refractivity contribution in [3.05, 3.63) is 89.4 Å². The number of benzene rings is 3. The highest BCUT2D eigenvalue weighted by Gasteiger charge is 2.27. The van der Waals surface area contributed by atoms with Gasteiger partial charge >= 0.3 is 0 Å². The van der Waals surface area contributed by atoms with Crippen molar-refractivity contribution in [2.75, 3.05) is 23.3 Å². The van der Waals surface area contributed by atoms with Crippen molar-refractivity contribution in [3.8, 4) is 5.75 Å². The Balaban J connectivity index is 1.49. The van der Waals surface area contributed by atoms with Gasteiger partial charge in [-0.3, -0.25) is 14.4 Å². The van der Waals surface area contributed by atoms with Gasteiger partial charge in [0.25, 0.3) is 10.0 Å². The van der Waals surface area contributed by atoms with Gasteiger partial charge in [0.05, 0.1) is 17.7 Å².